The first-order valence-corrected chi connectivity index (χ1v) is 4.36. The summed E-state index contributed by atoms with van der Waals surface area (Å²) < 4.78 is 1.57. The molecule has 0 bridgehead atoms. The summed E-state index contributed by atoms with van der Waals surface area (Å²) in [6.45, 7) is 6.78. The van der Waals surface area contributed by atoms with Crippen LogP contribution in [0.2, 0.25) is 0 Å². The monoisotopic (exact) mass is 197 g/mol. The molecule has 0 aliphatic rings. The number of aromatic carboxylic acids is 1. The maximum atomic E-state index is 10.7. The third-order valence-electron chi connectivity index (χ3n) is 1.66. The zero-order valence-electron chi connectivity index (χ0n) is 8.61. The predicted molar refractivity (Wildman–Crippen MR) is 53.1 cm³/mol. The predicted octanol–water partition coefficient (Wildman–Crippen LogP) is 1.21. The van der Waals surface area contributed by atoms with E-state index in [4.69, 9.17) is 10.8 Å². The Morgan fingerprint density at radius 1 is 1.64 bits per heavy atom. The zero-order chi connectivity index (χ0) is 10.9. The van der Waals surface area contributed by atoms with E-state index in [0.29, 0.717) is 6.54 Å². The molecule has 5 heteroatoms. The van der Waals surface area contributed by atoms with Crippen molar-refractivity contribution in [3.63, 3.8) is 0 Å². The minimum absolute atomic E-state index is 0.0498. The third kappa shape index (κ3) is 2.48. The highest BCUT2D eigenvalue weighted by Gasteiger charge is 2.16. The molecule has 5 nitrogen and oxygen atoms in total. The Balaban J connectivity index is 2.92. The molecule has 0 radical (unpaired) electrons. The molecule has 0 spiro atoms. The van der Waals surface area contributed by atoms with E-state index in [1.807, 2.05) is 20.8 Å². The first-order valence-electron chi connectivity index (χ1n) is 4.36. The van der Waals surface area contributed by atoms with E-state index in [1.165, 1.54) is 6.20 Å². The maximum Gasteiger partial charge on any atom is 0.341 e. The van der Waals surface area contributed by atoms with Crippen molar-refractivity contribution >= 4 is 11.8 Å². The van der Waals surface area contributed by atoms with E-state index < -0.39 is 5.97 Å². The van der Waals surface area contributed by atoms with Crippen molar-refractivity contribution in [2.24, 2.45) is 5.41 Å². The molecule has 0 atom stereocenters. The molecule has 0 fully saturated rings. The van der Waals surface area contributed by atoms with Crippen LogP contribution in [0.3, 0.4) is 0 Å². The summed E-state index contributed by atoms with van der Waals surface area (Å²) >= 11 is 0. The minimum Gasteiger partial charge on any atom is -0.477 e. The Morgan fingerprint density at radius 2 is 2.21 bits per heavy atom. The second-order valence-corrected chi connectivity index (χ2v) is 4.49. The molecule has 1 heterocycles. The number of aromatic nitrogens is 2. The number of nitrogens with two attached hydrogens (primary N) is 1. The number of nitrogen functional groups attached to an aromatic ring is 1. The van der Waals surface area contributed by atoms with Crippen LogP contribution in [0.4, 0.5) is 5.82 Å². The van der Waals surface area contributed by atoms with E-state index in [2.05, 4.69) is 5.10 Å². The Kier molecular flexibility index (Phi) is 2.51. The van der Waals surface area contributed by atoms with Gasteiger partial charge in [0.1, 0.15) is 5.56 Å². The van der Waals surface area contributed by atoms with Gasteiger partial charge in [-0.2, -0.15) is 5.10 Å². The highest BCUT2D eigenvalue weighted by atomic mass is 16.4. The van der Waals surface area contributed by atoms with Crippen molar-refractivity contribution in [1.82, 2.24) is 9.78 Å². The molecule has 0 aromatic carbocycles. The number of hydrogen-bond donors (Lipinski definition) is 2. The van der Waals surface area contributed by atoms with Crippen molar-refractivity contribution in [1.29, 1.82) is 0 Å². The lowest BCUT2D eigenvalue weighted by atomic mass is 9.97. The van der Waals surface area contributed by atoms with Crippen LogP contribution in [0, 0.1) is 5.41 Å². The number of hydrogen-bond acceptors (Lipinski definition) is 3. The van der Waals surface area contributed by atoms with Gasteiger partial charge in [0.25, 0.3) is 0 Å². The normalized spacial score (nSPS) is 11.6. The molecule has 0 saturated heterocycles. The van der Waals surface area contributed by atoms with E-state index >= 15 is 0 Å². The lowest BCUT2D eigenvalue weighted by molar-refractivity contribution is 0.0697. The molecule has 0 saturated carbocycles. The van der Waals surface area contributed by atoms with Crippen LogP contribution in [-0.4, -0.2) is 20.9 Å². The van der Waals surface area contributed by atoms with Gasteiger partial charge in [0.15, 0.2) is 5.82 Å². The van der Waals surface area contributed by atoms with Gasteiger partial charge in [-0.15, -0.1) is 0 Å². The second-order valence-electron chi connectivity index (χ2n) is 4.49. The molecule has 0 aliphatic carbocycles. The van der Waals surface area contributed by atoms with Crippen LogP contribution in [0.1, 0.15) is 31.1 Å². The Bertz CT molecular complexity index is 349. The lowest BCUT2D eigenvalue weighted by Crippen LogP contribution is -2.15. The fourth-order valence-electron chi connectivity index (χ4n) is 1.17. The fourth-order valence-corrected chi connectivity index (χ4v) is 1.17. The van der Waals surface area contributed by atoms with Crippen LogP contribution in [0.15, 0.2) is 6.20 Å². The molecule has 0 unspecified atom stereocenters. The summed E-state index contributed by atoms with van der Waals surface area (Å²) in [7, 11) is 0. The van der Waals surface area contributed by atoms with Crippen LogP contribution in [-0.2, 0) is 6.54 Å². The van der Waals surface area contributed by atoms with Crippen molar-refractivity contribution in [2.75, 3.05) is 5.73 Å². The summed E-state index contributed by atoms with van der Waals surface area (Å²) in [6, 6.07) is 0. The molecular weight excluding hydrogens is 182 g/mol. The lowest BCUT2D eigenvalue weighted by Gasteiger charge is -2.17. The quantitative estimate of drug-likeness (QED) is 0.746. The number of rotatable bonds is 2. The highest BCUT2D eigenvalue weighted by molar-refractivity contribution is 5.92. The van der Waals surface area contributed by atoms with E-state index in [-0.39, 0.29) is 16.8 Å². The van der Waals surface area contributed by atoms with Gasteiger partial charge in [0.2, 0.25) is 0 Å². The van der Waals surface area contributed by atoms with Crippen LogP contribution in [0.5, 0.6) is 0 Å². The second kappa shape index (κ2) is 3.32. The van der Waals surface area contributed by atoms with Gasteiger partial charge < -0.3 is 10.8 Å². The first kappa shape index (κ1) is 10.6. The topological polar surface area (TPSA) is 81.1 Å². The fraction of sp³-hybridized carbons (Fsp3) is 0.556. The standard InChI is InChI=1S/C9H15N3O2/c1-9(2,3)5-12-4-6(8(13)14)7(10)11-12/h4H,5H2,1-3H3,(H2,10,11)(H,13,14). The Morgan fingerprint density at radius 3 is 2.57 bits per heavy atom. The average Bonchev–Trinajstić information content (AvgIpc) is 2.26. The van der Waals surface area contributed by atoms with Crippen LogP contribution < -0.4 is 5.73 Å². The summed E-state index contributed by atoms with van der Waals surface area (Å²) in [5.41, 5.74) is 5.56. The molecule has 0 aliphatic heterocycles. The van der Waals surface area contributed by atoms with Crippen LogP contribution in [0.25, 0.3) is 0 Å². The SMILES string of the molecule is CC(C)(C)Cn1cc(C(=O)O)c(N)n1. The Hall–Kier alpha value is -1.52. The molecule has 1 aromatic heterocycles. The first-order chi connectivity index (χ1) is 6.29. The summed E-state index contributed by atoms with van der Waals surface area (Å²) in [5, 5.41) is 12.7. The van der Waals surface area contributed by atoms with E-state index in [1.54, 1.807) is 4.68 Å². The molecule has 14 heavy (non-hydrogen) atoms. The van der Waals surface area contributed by atoms with Gasteiger partial charge in [-0.05, 0) is 5.41 Å². The molecular formula is C9H15N3O2. The molecule has 1 rings (SSSR count). The van der Waals surface area contributed by atoms with Gasteiger partial charge in [-0.25, -0.2) is 4.79 Å². The van der Waals surface area contributed by atoms with Crippen molar-refractivity contribution in [3.8, 4) is 0 Å². The van der Waals surface area contributed by atoms with Gasteiger partial charge in [0.05, 0.1) is 0 Å². The van der Waals surface area contributed by atoms with Gasteiger partial charge in [0, 0.05) is 12.7 Å². The number of anilines is 1. The summed E-state index contributed by atoms with van der Waals surface area (Å²) in [4.78, 5) is 10.7. The van der Waals surface area contributed by atoms with Crippen molar-refractivity contribution in [2.45, 2.75) is 27.3 Å². The van der Waals surface area contributed by atoms with Crippen molar-refractivity contribution < 1.29 is 9.90 Å². The number of carboxylic acid groups (broad SMARTS) is 1. The number of nitrogens with zero attached hydrogens (tertiary/aromatic N) is 2. The molecule has 78 valence electrons. The summed E-state index contributed by atoms with van der Waals surface area (Å²) in [6.07, 6.45) is 1.46. The largest absolute Gasteiger partial charge is 0.477 e. The average molecular weight is 197 g/mol. The summed E-state index contributed by atoms with van der Waals surface area (Å²) in [5.74, 6) is -0.968. The van der Waals surface area contributed by atoms with Crippen molar-refractivity contribution in [3.05, 3.63) is 11.8 Å². The van der Waals surface area contributed by atoms with Gasteiger partial charge >= 0.3 is 5.97 Å². The van der Waals surface area contributed by atoms with E-state index in [9.17, 15) is 4.79 Å². The maximum absolute atomic E-state index is 10.7. The zero-order valence-corrected chi connectivity index (χ0v) is 8.61. The smallest absolute Gasteiger partial charge is 0.341 e. The molecule has 3 N–H and O–H groups in total. The number of carbonyl (C=O) groups is 1. The minimum atomic E-state index is -1.04. The van der Waals surface area contributed by atoms with Crippen LogP contribution >= 0.6 is 0 Å². The van der Waals surface area contributed by atoms with E-state index in [0.717, 1.165) is 0 Å². The number of carboxylic acids is 1. The van der Waals surface area contributed by atoms with Gasteiger partial charge in [-0.1, -0.05) is 20.8 Å². The highest BCUT2D eigenvalue weighted by Crippen LogP contribution is 2.17. The van der Waals surface area contributed by atoms with Gasteiger partial charge in [-0.3, -0.25) is 4.68 Å². The molecule has 1 aromatic rings. The molecule has 0 amide bonds. The third-order valence-corrected chi connectivity index (χ3v) is 1.66. The Labute approximate surface area is 82.5 Å².